The molecule has 0 aliphatic rings. The molecular weight excluding hydrogens is 220 g/mol. The van der Waals surface area contributed by atoms with E-state index < -0.39 is 0 Å². The second-order valence-electron chi connectivity index (χ2n) is 3.42. The fourth-order valence-electron chi connectivity index (χ4n) is 1.63. The zero-order chi connectivity index (χ0) is 11.5. The third-order valence-electron chi connectivity index (χ3n) is 2.50. The van der Waals surface area contributed by atoms with Gasteiger partial charge in [0.15, 0.2) is 0 Å². The van der Waals surface area contributed by atoms with Crippen molar-refractivity contribution in [3.8, 4) is 10.4 Å². The van der Waals surface area contributed by atoms with Crippen molar-refractivity contribution >= 4 is 17.2 Å². The average molecular weight is 232 g/mol. The fourth-order valence-corrected chi connectivity index (χ4v) is 2.34. The van der Waals surface area contributed by atoms with Gasteiger partial charge in [0.1, 0.15) is 0 Å². The smallest absolute Gasteiger partial charge is 0.251 e. The van der Waals surface area contributed by atoms with Crippen molar-refractivity contribution in [2.24, 2.45) is 0 Å². The minimum absolute atomic E-state index is 0.0520. The van der Waals surface area contributed by atoms with Crippen molar-refractivity contribution in [3.05, 3.63) is 41.0 Å². The number of nitrogens with zero attached hydrogens (tertiary/aromatic N) is 1. The quantitative estimate of drug-likeness (QED) is 0.864. The minimum atomic E-state index is -0.0520. The van der Waals surface area contributed by atoms with Crippen LogP contribution in [-0.4, -0.2) is 17.9 Å². The summed E-state index contributed by atoms with van der Waals surface area (Å²) in [5.41, 5.74) is 4.57. The molecule has 0 spiro atoms. The summed E-state index contributed by atoms with van der Waals surface area (Å²) in [5.74, 6) is -0.0520. The summed E-state index contributed by atoms with van der Waals surface area (Å²) in [5, 5.41) is 2.64. The first-order valence-electron chi connectivity index (χ1n) is 4.94. The van der Waals surface area contributed by atoms with Gasteiger partial charge in [-0.2, -0.15) is 0 Å². The standard InChI is InChI=1S/C12H12N2OS/c1-8-9(11-6-14-7-16-11)4-3-5-10(8)12(15)13-2/h3-7H,1-2H3,(H,13,15). The van der Waals surface area contributed by atoms with Crippen LogP contribution in [0.4, 0.5) is 0 Å². The topological polar surface area (TPSA) is 42.0 Å². The van der Waals surface area contributed by atoms with E-state index in [0.717, 1.165) is 16.0 Å². The third kappa shape index (κ3) is 1.84. The van der Waals surface area contributed by atoms with Crippen molar-refractivity contribution in [2.45, 2.75) is 6.92 Å². The van der Waals surface area contributed by atoms with Crippen molar-refractivity contribution < 1.29 is 4.79 Å². The highest BCUT2D eigenvalue weighted by Gasteiger charge is 2.11. The number of carbonyl (C=O) groups is 1. The summed E-state index contributed by atoms with van der Waals surface area (Å²) in [6.45, 7) is 1.96. The number of carbonyl (C=O) groups excluding carboxylic acids is 1. The van der Waals surface area contributed by atoms with E-state index in [9.17, 15) is 4.79 Å². The van der Waals surface area contributed by atoms with E-state index in [0.29, 0.717) is 5.56 Å². The number of hydrogen-bond acceptors (Lipinski definition) is 3. The van der Waals surface area contributed by atoms with Crippen LogP contribution in [0.1, 0.15) is 15.9 Å². The third-order valence-corrected chi connectivity index (χ3v) is 3.31. The predicted octanol–water partition coefficient (Wildman–Crippen LogP) is 2.48. The van der Waals surface area contributed by atoms with Crippen molar-refractivity contribution in [2.75, 3.05) is 7.05 Å². The number of benzene rings is 1. The maximum absolute atomic E-state index is 11.6. The molecule has 0 bridgehead atoms. The summed E-state index contributed by atoms with van der Waals surface area (Å²) in [4.78, 5) is 16.8. The highest BCUT2D eigenvalue weighted by molar-refractivity contribution is 7.13. The summed E-state index contributed by atoms with van der Waals surface area (Å²) in [6, 6.07) is 5.74. The zero-order valence-corrected chi connectivity index (χ0v) is 9.97. The molecule has 0 radical (unpaired) electrons. The molecule has 1 aromatic heterocycles. The Balaban J connectivity index is 2.53. The summed E-state index contributed by atoms with van der Waals surface area (Å²) < 4.78 is 0. The molecule has 2 aromatic rings. The summed E-state index contributed by atoms with van der Waals surface area (Å²) in [7, 11) is 1.64. The Labute approximate surface area is 98.2 Å². The van der Waals surface area contributed by atoms with Gasteiger partial charge in [-0.05, 0) is 24.1 Å². The largest absolute Gasteiger partial charge is 0.355 e. The Bertz CT molecular complexity index is 506. The molecule has 0 fully saturated rings. The van der Waals surface area contributed by atoms with Gasteiger partial charge in [-0.25, -0.2) is 0 Å². The Kier molecular flexibility index (Phi) is 3.01. The first-order valence-corrected chi connectivity index (χ1v) is 5.82. The second kappa shape index (κ2) is 4.45. The molecule has 0 saturated heterocycles. The SMILES string of the molecule is CNC(=O)c1cccc(-c2cncs2)c1C. The van der Waals surface area contributed by atoms with Gasteiger partial charge in [0, 0.05) is 18.8 Å². The Morgan fingerprint density at radius 2 is 2.25 bits per heavy atom. The van der Waals surface area contributed by atoms with Gasteiger partial charge in [-0.15, -0.1) is 11.3 Å². The molecule has 3 nitrogen and oxygen atoms in total. The summed E-state index contributed by atoms with van der Waals surface area (Å²) >= 11 is 1.58. The lowest BCUT2D eigenvalue weighted by Gasteiger charge is -2.08. The lowest BCUT2D eigenvalue weighted by molar-refractivity contribution is 0.0962. The fraction of sp³-hybridized carbons (Fsp3) is 0.167. The normalized spacial score (nSPS) is 10.1. The van der Waals surface area contributed by atoms with Crippen LogP contribution in [0.2, 0.25) is 0 Å². The van der Waals surface area contributed by atoms with Crippen LogP contribution >= 0.6 is 11.3 Å². The molecule has 1 N–H and O–H groups in total. The van der Waals surface area contributed by atoms with E-state index in [1.54, 1.807) is 23.9 Å². The highest BCUT2D eigenvalue weighted by Crippen LogP contribution is 2.28. The van der Waals surface area contributed by atoms with Crippen molar-refractivity contribution in [3.63, 3.8) is 0 Å². The minimum Gasteiger partial charge on any atom is -0.355 e. The number of amides is 1. The number of thiazole rings is 1. The van der Waals surface area contributed by atoms with E-state index >= 15 is 0 Å². The molecule has 16 heavy (non-hydrogen) atoms. The van der Waals surface area contributed by atoms with Crippen LogP contribution in [0.15, 0.2) is 29.9 Å². The van der Waals surface area contributed by atoms with Crippen LogP contribution in [-0.2, 0) is 0 Å². The van der Waals surface area contributed by atoms with Gasteiger partial charge in [0.05, 0.1) is 10.4 Å². The molecule has 2 rings (SSSR count). The van der Waals surface area contributed by atoms with E-state index in [1.165, 1.54) is 0 Å². The first-order chi connectivity index (χ1) is 7.74. The monoisotopic (exact) mass is 232 g/mol. The molecule has 0 saturated carbocycles. The van der Waals surface area contributed by atoms with Gasteiger partial charge >= 0.3 is 0 Å². The van der Waals surface area contributed by atoms with Crippen molar-refractivity contribution in [1.29, 1.82) is 0 Å². The van der Waals surface area contributed by atoms with E-state index in [2.05, 4.69) is 10.3 Å². The molecule has 1 amide bonds. The average Bonchev–Trinajstić information content (AvgIpc) is 2.82. The van der Waals surface area contributed by atoms with E-state index in [4.69, 9.17) is 0 Å². The first kappa shape index (κ1) is 10.8. The Hall–Kier alpha value is -1.68. The van der Waals surface area contributed by atoms with Crippen LogP contribution < -0.4 is 5.32 Å². The maximum Gasteiger partial charge on any atom is 0.251 e. The lowest BCUT2D eigenvalue weighted by atomic mass is 10.0. The Morgan fingerprint density at radius 3 is 2.88 bits per heavy atom. The molecule has 0 aliphatic carbocycles. The number of aromatic nitrogens is 1. The molecule has 4 heteroatoms. The molecule has 0 unspecified atom stereocenters. The molecule has 1 aromatic carbocycles. The maximum atomic E-state index is 11.6. The Morgan fingerprint density at radius 1 is 1.44 bits per heavy atom. The van der Waals surface area contributed by atoms with Gasteiger partial charge < -0.3 is 5.32 Å². The van der Waals surface area contributed by atoms with Gasteiger partial charge in [0.2, 0.25) is 0 Å². The van der Waals surface area contributed by atoms with Gasteiger partial charge in [-0.1, -0.05) is 12.1 Å². The predicted molar refractivity (Wildman–Crippen MR) is 65.7 cm³/mol. The van der Waals surface area contributed by atoms with Crippen LogP contribution in [0.25, 0.3) is 10.4 Å². The number of nitrogens with one attached hydrogen (secondary N) is 1. The molecule has 1 heterocycles. The molecule has 82 valence electrons. The molecule has 0 atom stereocenters. The van der Waals surface area contributed by atoms with Crippen molar-refractivity contribution in [1.82, 2.24) is 10.3 Å². The highest BCUT2D eigenvalue weighted by atomic mass is 32.1. The van der Waals surface area contributed by atoms with E-state index in [1.807, 2.05) is 31.3 Å². The summed E-state index contributed by atoms with van der Waals surface area (Å²) in [6.07, 6.45) is 1.82. The lowest BCUT2D eigenvalue weighted by Crippen LogP contribution is -2.19. The van der Waals surface area contributed by atoms with Crippen LogP contribution in [0.3, 0.4) is 0 Å². The van der Waals surface area contributed by atoms with Gasteiger partial charge in [0.25, 0.3) is 5.91 Å². The van der Waals surface area contributed by atoms with E-state index in [-0.39, 0.29) is 5.91 Å². The second-order valence-corrected chi connectivity index (χ2v) is 4.31. The zero-order valence-electron chi connectivity index (χ0n) is 9.15. The molecule has 0 aliphatic heterocycles. The van der Waals surface area contributed by atoms with Crippen LogP contribution in [0.5, 0.6) is 0 Å². The molecular formula is C12H12N2OS. The van der Waals surface area contributed by atoms with Crippen LogP contribution in [0, 0.1) is 6.92 Å². The number of hydrogen-bond donors (Lipinski definition) is 1. The number of rotatable bonds is 2. The van der Waals surface area contributed by atoms with Gasteiger partial charge in [-0.3, -0.25) is 9.78 Å².